The molecule has 0 bridgehead atoms. The molecular weight excluding hydrogens is 166 g/mol. The van der Waals surface area contributed by atoms with E-state index in [4.69, 9.17) is 5.73 Å². The molecule has 0 spiro atoms. The lowest BCUT2D eigenvalue weighted by Crippen LogP contribution is -1.97. The molecule has 0 aromatic heterocycles. The molecule has 2 N–H and O–H groups in total. The molecule has 2 heteroatoms. The van der Waals surface area contributed by atoms with Gasteiger partial charge in [0.2, 0.25) is 0 Å². The van der Waals surface area contributed by atoms with Crippen molar-refractivity contribution >= 4 is 11.8 Å². The molecule has 1 aromatic carbocycles. The second kappa shape index (κ2) is 4.53. The number of nitrogens with two attached hydrogens (primary N) is 1. The Balaban J connectivity index is 2.86. The van der Waals surface area contributed by atoms with E-state index in [-0.39, 0.29) is 0 Å². The average molecular weight is 181 g/mol. The smallest absolute Gasteiger partial charge is 0.0266 e. The average Bonchev–Trinajstić information content (AvgIpc) is 2.17. The van der Waals surface area contributed by atoms with Gasteiger partial charge in [-0.1, -0.05) is 24.3 Å². The summed E-state index contributed by atoms with van der Waals surface area (Å²) in [5.41, 5.74) is 8.14. The summed E-state index contributed by atoms with van der Waals surface area (Å²) < 4.78 is 0. The summed E-state index contributed by atoms with van der Waals surface area (Å²) in [4.78, 5) is 0. The van der Waals surface area contributed by atoms with E-state index in [1.807, 2.05) is 11.8 Å². The Labute approximate surface area is 78.4 Å². The minimum absolute atomic E-state index is 0.566. The molecule has 66 valence electrons. The monoisotopic (exact) mass is 181 g/mol. The van der Waals surface area contributed by atoms with Gasteiger partial charge < -0.3 is 5.73 Å². The lowest BCUT2D eigenvalue weighted by atomic mass is 10.1. The van der Waals surface area contributed by atoms with Crippen molar-refractivity contribution in [3.05, 3.63) is 35.4 Å². The van der Waals surface area contributed by atoms with Gasteiger partial charge in [-0.3, -0.25) is 0 Å². The van der Waals surface area contributed by atoms with Crippen molar-refractivity contribution in [3.8, 4) is 0 Å². The molecule has 0 saturated heterocycles. The lowest BCUT2D eigenvalue weighted by Gasteiger charge is -2.09. The number of thioether (sulfide) groups is 1. The summed E-state index contributed by atoms with van der Waals surface area (Å²) in [5.74, 6) is 0. The van der Waals surface area contributed by atoms with Gasteiger partial charge in [0.1, 0.15) is 0 Å². The molecule has 1 unspecified atom stereocenters. The fourth-order valence-electron chi connectivity index (χ4n) is 1.11. The summed E-state index contributed by atoms with van der Waals surface area (Å²) in [6.45, 7) is 2.84. The zero-order valence-electron chi connectivity index (χ0n) is 7.58. The van der Waals surface area contributed by atoms with Gasteiger partial charge in [-0.2, -0.15) is 11.8 Å². The molecule has 0 aliphatic rings. The molecule has 1 nitrogen and oxygen atoms in total. The molecular formula is C10H15NS. The van der Waals surface area contributed by atoms with Crippen molar-refractivity contribution in [1.29, 1.82) is 0 Å². The number of benzene rings is 1. The fourth-order valence-corrected chi connectivity index (χ4v) is 1.53. The number of hydrogen-bond donors (Lipinski definition) is 1. The maximum atomic E-state index is 5.55. The van der Waals surface area contributed by atoms with Crippen molar-refractivity contribution in [2.24, 2.45) is 5.73 Å². The highest BCUT2D eigenvalue weighted by Crippen LogP contribution is 2.25. The van der Waals surface area contributed by atoms with Gasteiger partial charge in [-0.15, -0.1) is 0 Å². The number of hydrogen-bond acceptors (Lipinski definition) is 2. The van der Waals surface area contributed by atoms with Gasteiger partial charge in [0.15, 0.2) is 0 Å². The summed E-state index contributed by atoms with van der Waals surface area (Å²) in [6.07, 6.45) is 2.12. The van der Waals surface area contributed by atoms with Crippen LogP contribution in [0.4, 0.5) is 0 Å². The zero-order chi connectivity index (χ0) is 8.97. The Bertz CT molecular complexity index is 247. The predicted octanol–water partition coefficient (Wildman–Crippen LogP) is 2.57. The third kappa shape index (κ3) is 2.26. The van der Waals surface area contributed by atoms with Crippen LogP contribution in [0.25, 0.3) is 0 Å². The zero-order valence-corrected chi connectivity index (χ0v) is 8.40. The predicted molar refractivity (Wildman–Crippen MR) is 56.3 cm³/mol. The lowest BCUT2D eigenvalue weighted by molar-refractivity contribution is 1.04. The van der Waals surface area contributed by atoms with Crippen molar-refractivity contribution < 1.29 is 0 Å². The molecule has 0 aliphatic carbocycles. The van der Waals surface area contributed by atoms with Crippen LogP contribution >= 0.6 is 11.8 Å². The summed E-state index contributed by atoms with van der Waals surface area (Å²) in [6, 6.07) is 8.47. The minimum atomic E-state index is 0.566. The molecule has 0 fully saturated rings. The Kier molecular flexibility index (Phi) is 3.63. The Hall–Kier alpha value is -0.470. The van der Waals surface area contributed by atoms with Crippen LogP contribution in [0.1, 0.15) is 23.3 Å². The quantitative estimate of drug-likeness (QED) is 0.775. The first kappa shape index (κ1) is 9.62. The van der Waals surface area contributed by atoms with Gasteiger partial charge in [0.05, 0.1) is 0 Å². The van der Waals surface area contributed by atoms with Crippen LogP contribution in [-0.4, -0.2) is 6.26 Å². The fraction of sp³-hybridized carbons (Fsp3) is 0.400. The molecule has 0 amide bonds. The topological polar surface area (TPSA) is 26.0 Å². The second-order valence-electron chi connectivity index (χ2n) is 2.83. The van der Waals surface area contributed by atoms with Crippen molar-refractivity contribution in [3.63, 3.8) is 0 Å². The molecule has 1 rings (SSSR count). The van der Waals surface area contributed by atoms with E-state index < -0.39 is 0 Å². The van der Waals surface area contributed by atoms with Gasteiger partial charge in [-0.05, 0) is 24.3 Å². The van der Waals surface area contributed by atoms with E-state index in [1.54, 1.807) is 0 Å². The molecule has 0 saturated carbocycles. The highest BCUT2D eigenvalue weighted by atomic mass is 32.2. The van der Waals surface area contributed by atoms with E-state index in [2.05, 4.69) is 37.4 Å². The standard InChI is InChI=1S/C10H15NS/c1-8(12-2)10-5-3-4-9(6-10)7-11/h3-6,8H,7,11H2,1-2H3. The van der Waals surface area contributed by atoms with Crippen LogP contribution in [0.5, 0.6) is 0 Å². The molecule has 1 aromatic rings. The number of rotatable bonds is 3. The Morgan fingerprint density at radius 1 is 1.50 bits per heavy atom. The minimum Gasteiger partial charge on any atom is -0.326 e. The van der Waals surface area contributed by atoms with E-state index in [0.717, 1.165) is 0 Å². The van der Waals surface area contributed by atoms with Crippen LogP contribution in [0.3, 0.4) is 0 Å². The Morgan fingerprint density at radius 3 is 2.83 bits per heavy atom. The van der Waals surface area contributed by atoms with Crippen LogP contribution in [0.2, 0.25) is 0 Å². The van der Waals surface area contributed by atoms with E-state index in [1.165, 1.54) is 11.1 Å². The van der Waals surface area contributed by atoms with Gasteiger partial charge in [0.25, 0.3) is 0 Å². The molecule has 0 heterocycles. The van der Waals surface area contributed by atoms with E-state index >= 15 is 0 Å². The highest BCUT2D eigenvalue weighted by Gasteiger charge is 2.02. The Morgan fingerprint density at radius 2 is 2.25 bits per heavy atom. The maximum absolute atomic E-state index is 5.55. The van der Waals surface area contributed by atoms with Crippen molar-refractivity contribution in [2.75, 3.05) is 6.26 Å². The van der Waals surface area contributed by atoms with E-state index in [0.29, 0.717) is 11.8 Å². The first-order valence-corrected chi connectivity index (χ1v) is 5.38. The first-order valence-electron chi connectivity index (χ1n) is 4.09. The van der Waals surface area contributed by atoms with Crippen LogP contribution in [0, 0.1) is 0 Å². The molecule has 0 radical (unpaired) electrons. The normalized spacial score (nSPS) is 12.9. The molecule has 0 aliphatic heterocycles. The summed E-state index contributed by atoms with van der Waals surface area (Å²) in [7, 11) is 0. The highest BCUT2D eigenvalue weighted by molar-refractivity contribution is 7.98. The van der Waals surface area contributed by atoms with Crippen molar-refractivity contribution in [1.82, 2.24) is 0 Å². The molecule has 1 atom stereocenters. The second-order valence-corrected chi connectivity index (χ2v) is 4.01. The SMILES string of the molecule is CSC(C)c1cccc(CN)c1. The van der Waals surface area contributed by atoms with Gasteiger partial charge in [0, 0.05) is 11.8 Å². The van der Waals surface area contributed by atoms with Crippen LogP contribution < -0.4 is 5.73 Å². The van der Waals surface area contributed by atoms with Gasteiger partial charge >= 0.3 is 0 Å². The maximum Gasteiger partial charge on any atom is 0.0266 e. The van der Waals surface area contributed by atoms with Crippen LogP contribution in [-0.2, 0) is 6.54 Å². The van der Waals surface area contributed by atoms with Gasteiger partial charge in [-0.25, -0.2) is 0 Å². The first-order chi connectivity index (χ1) is 5.77. The van der Waals surface area contributed by atoms with E-state index in [9.17, 15) is 0 Å². The van der Waals surface area contributed by atoms with Crippen LogP contribution in [0.15, 0.2) is 24.3 Å². The summed E-state index contributed by atoms with van der Waals surface area (Å²) >= 11 is 1.86. The largest absolute Gasteiger partial charge is 0.326 e. The molecule has 12 heavy (non-hydrogen) atoms. The summed E-state index contributed by atoms with van der Waals surface area (Å²) in [5, 5.41) is 0.566. The third-order valence-corrected chi connectivity index (χ3v) is 2.99. The third-order valence-electron chi connectivity index (χ3n) is 2.01. The van der Waals surface area contributed by atoms with Crippen molar-refractivity contribution in [2.45, 2.75) is 18.7 Å².